The maximum atomic E-state index is 5.04. The minimum Gasteiger partial charge on any atom is -0.370 e. The van der Waals surface area contributed by atoms with Crippen molar-refractivity contribution in [3.63, 3.8) is 0 Å². The van der Waals surface area contributed by atoms with Gasteiger partial charge in [0.25, 0.3) is 0 Å². The molecule has 1 atom stereocenters. The molecule has 0 radical (unpaired) electrons. The van der Waals surface area contributed by atoms with Crippen molar-refractivity contribution < 1.29 is 4.74 Å². The van der Waals surface area contributed by atoms with Crippen LogP contribution in [0.25, 0.3) is 0 Å². The summed E-state index contributed by atoms with van der Waals surface area (Å²) >= 11 is 0. The zero-order chi connectivity index (χ0) is 4.41. The van der Waals surface area contributed by atoms with Crippen molar-refractivity contribution in [1.29, 1.82) is 0 Å². The summed E-state index contributed by atoms with van der Waals surface area (Å²) in [7, 11) is 0. The van der Waals surface area contributed by atoms with E-state index in [2.05, 4.69) is 6.08 Å². The quantitative estimate of drug-likeness (QED) is 0.397. The Bertz CT molecular complexity index is 66.3. The van der Waals surface area contributed by atoms with E-state index < -0.39 is 0 Å². The van der Waals surface area contributed by atoms with Crippen LogP contribution in [0.2, 0.25) is 0 Å². The number of hydrogen-bond donors (Lipinski definition) is 0. The summed E-state index contributed by atoms with van der Waals surface area (Å²) in [5.41, 5.74) is 0. The van der Waals surface area contributed by atoms with Gasteiger partial charge in [-0.3, -0.25) is 0 Å². The number of rotatable bonds is 0. The van der Waals surface area contributed by atoms with Gasteiger partial charge in [-0.25, -0.2) is 0 Å². The lowest BCUT2D eigenvalue weighted by Crippen LogP contribution is -1.94. The largest absolute Gasteiger partial charge is 0.370 e. The predicted molar refractivity (Wildman–Crippen MR) is 24.6 cm³/mol. The molecule has 1 aliphatic rings. The molecule has 0 aromatic rings. The van der Waals surface area contributed by atoms with Gasteiger partial charge in [0.05, 0.1) is 12.7 Å². The van der Waals surface area contributed by atoms with Crippen LogP contribution in [0.3, 0.4) is 0 Å². The molecule has 6 heavy (non-hydrogen) atoms. The maximum absolute atomic E-state index is 5.04. The average Bonchev–Trinajstić information content (AvgIpc) is 1.86. The first-order chi connectivity index (χ1) is 2.89. The lowest BCUT2D eigenvalue weighted by Gasteiger charge is -1.93. The van der Waals surface area contributed by atoms with E-state index in [1.807, 2.05) is 13.0 Å². The van der Waals surface area contributed by atoms with E-state index in [0.717, 1.165) is 6.61 Å². The summed E-state index contributed by atoms with van der Waals surface area (Å²) in [5, 5.41) is 0. The van der Waals surface area contributed by atoms with Gasteiger partial charge in [-0.2, -0.15) is 0 Å². The first kappa shape index (κ1) is 3.88. The molecule has 0 bridgehead atoms. The monoisotopic (exact) mass is 84.1 g/mol. The Morgan fingerprint density at radius 1 is 1.83 bits per heavy atom. The first-order valence-corrected chi connectivity index (χ1v) is 2.18. The van der Waals surface area contributed by atoms with E-state index in [4.69, 9.17) is 4.74 Å². The standard InChI is InChI=1S/C5H8O/c1-5-3-2-4-6-5/h2-3,5H,4H2,1H3/t5-/m0/s1. The summed E-state index contributed by atoms with van der Waals surface area (Å²) in [6.45, 7) is 2.84. The molecule has 0 unspecified atom stereocenters. The van der Waals surface area contributed by atoms with Gasteiger partial charge in [0.2, 0.25) is 0 Å². The molecule has 0 aromatic heterocycles. The molecule has 1 heteroatoms. The Kier molecular flexibility index (Phi) is 0.926. The fraction of sp³-hybridized carbons (Fsp3) is 0.600. The van der Waals surface area contributed by atoms with Gasteiger partial charge in [-0.05, 0) is 6.92 Å². The van der Waals surface area contributed by atoms with Gasteiger partial charge in [-0.15, -0.1) is 0 Å². The van der Waals surface area contributed by atoms with Crippen LogP contribution in [-0.2, 0) is 4.74 Å². The second-order valence-electron chi connectivity index (χ2n) is 1.47. The molecule has 0 saturated carbocycles. The van der Waals surface area contributed by atoms with Crippen molar-refractivity contribution in [3.8, 4) is 0 Å². The van der Waals surface area contributed by atoms with Crippen LogP contribution in [0, 0.1) is 0 Å². The topological polar surface area (TPSA) is 9.23 Å². The van der Waals surface area contributed by atoms with Crippen LogP contribution in [0.5, 0.6) is 0 Å². The summed E-state index contributed by atoms with van der Waals surface area (Å²) < 4.78 is 5.04. The minimum absolute atomic E-state index is 0.366. The number of ether oxygens (including phenoxy) is 1. The van der Waals surface area contributed by atoms with Gasteiger partial charge in [0.1, 0.15) is 0 Å². The van der Waals surface area contributed by atoms with Gasteiger partial charge >= 0.3 is 0 Å². The Labute approximate surface area is 37.6 Å². The SMILES string of the molecule is C[C@H]1C=CCO1. The van der Waals surface area contributed by atoms with E-state index in [1.165, 1.54) is 0 Å². The lowest BCUT2D eigenvalue weighted by molar-refractivity contribution is 0.142. The molecular formula is C5H8O. The van der Waals surface area contributed by atoms with E-state index >= 15 is 0 Å². The molecule has 0 saturated heterocycles. The van der Waals surface area contributed by atoms with Crippen molar-refractivity contribution in [2.24, 2.45) is 0 Å². The molecule has 0 aromatic carbocycles. The third kappa shape index (κ3) is 0.601. The summed E-state index contributed by atoms with van der Waals surface area (Å²) in [6, 6.07) is 0. The fourth-order valence-corrected chi connectivity index (χ4v) is 0.510. The smallest absolute Gasteiger partial charge is 0.0732 e. The Morgan fingerprint density at radius 2 is 2.67 bits per heavy atom. The third-order valence-electron chi connectivity index (χ3n) is 0.862. The van der Waals surface area contributed by atoms with E-state index in [-0.39, 0.29) is 0 Å². The van der Waals surface area contributed by atoms with Crippen LogP contribution in [-0.4, -0.2) is 12.7 Å². The molecule has 0 amide bonds. The zero-order valence-electron chi connectivity index (χ0n) is 3.85. The van der Waals surface area contributed by atoms with E-state index in [0.29, 0.717) is 6.10 Å². The molecule has 0 aliphatic carbocycles. The van der Waals surface area contributed by atoms with Crippen molar-refractivity contribution in [3.05, 3.63) is 12.2 Å². The Morgan fingerprint density at radius 3 is 2.83 bits per heavy atom. The van der Waals surface area contributed by atoms with Crippen LogP contribution in [0.15, 0.2) is 12.2 Å². The van der Waals surface area contributed by atoms with Crippen molar-refractivity contribution in [2.45, 2.75) is 13.0 Å². The van der Waals surface area contributed by atoms with Crippen LogP contribution >= 0.6 is 0 Å². The normalized spacial score (nSPS) is 31.8. The molecular weight excluding hydrogens is 76.1 g/mol. The minimum atomic E-state index is 0.366. The molecule has 0 fully saturated rings. The van der Waals surface area contributed by atoms with Gasteiger partial charge in [0, 0.05) is 0 Å². The predicted octanol–water partition coefficient (Wildman–Crippen LogP) is 0.961. The van der Waals surface area contributed by atoms with Crippen molar-refractivity contribution in [2.75, 3.05) is 6.61 Å². The third-order valence-corrected chi connectivity index (χ3v) is 0.862. The summed E-state index contributed by atoms with van der Waals surface area (Å²) in [6.07, 6.45) is 4.45. The summed E-state index contributed by atoms with van der Waals surface area (Å²) in [4.78, 5) is 0. The average molecular weight is 84.1 g/mol. The van der Waals surface area contributed by atoms with Crippen LogP contribution in [0.1, 0.15) is 6.92 Å². The fourth-order valence-electron chi connectivity index (χ4n) is 0.510. The van der Waals surface area contributed by atoms with E-state index in [1.54, 1.807) is 0 Å². The molecule has 1 aliphatic heterocycles. The highest BCUT2D eigenvalue weighted by molar-refractivity contribution is 4.92. The maximum Gasteiger partial charge on any atom is 0.0732 e. The zero-order valence-corrected chi connectivity index (χ0v) is 3.85. The Hall–Kier alpha value is -0.300. The van der Waals surface area contributed by atoms with Gasteiger partial charge in [-0.1, -0.05) is 12.2 Å². The van der Waals surface area contributed by atoms with Crippen molar-refractivity contribution in [1.82, 2.24) is 0 Å². The van der Waals surface area contributed by atoms with Crippen molar-refractivity contribution >= 4 is 0 Å². The Balaban J connectivity index is 2.38. The van der Waals surface area contributed by atoms with Crippen LogP contribution < -0.4 is 0 Å². The molecule has 0 N–H and O–H groups in total. The second kappa shape index (κ2) is 1.43. The summed E-state index contributed by atoms with van der Waals surface area (Å²) in [5.74, 6) is 0. The highest BCUT2D eigenvalue weighted by Gasteiger charge is 1.98. The van der Waals surface area contributed by atoms with Gasteiger partial charge in [0.15, 0.2) is 0 Å². The molecule has 0 spiro atoms. The highest BCUT2D eigenvalue weighted by Crippen LogP contribution is 1.99. The molecule has 34 valence electrons. The molecule has 1 heterocycles. The highest BCUT2D eigenvalue weighted by atomic mass is 16.5. The van der Waals surface area contributed by atoms with E-state index in [9.17, 15) is 0 Å². The second-order valence-corrected chi connectivity index (χ2v) is 1.47. The molecule has 1 rings (SSSR count). The molecule has 1 nitrogen and oxygen atoms in total. The van der Waals surface area contributed by atoms with Crippen LogP contribution in [0.4, 0.5) is 0 Å². The lowest BCUT2D eigenvalue weighted by atomic mass is 10.4. The first-order valence-electron chi connectivity index (χ1n) is 2.18. The van der Waals surface area contributed by atoms with Gasteiger partial charge < -0.3 is 4.74 Å². The number of hydrogen-bond acceptors (Lipinski definition) is 1.